The van der Waals surface area contributed by atoms with Crippen molar-refractivity contribution in [2.24, 2.45) is 0 Å². The summed E-state index contributed by atoms with van der Waals surface area (Å²) in [6.07, 6.45) is 2.15. The van der Waals surface area contributed by atoms with Crippen LogP contribution in [0.15, 0.2) is 6.07 Å². The Bertz CT molecular complexity index is 490. The summed E-state index contributed by atoms with van der Waals surface area (Å²) in [6.45, 7) is 2.52. The van der Waals surface area contributed by atoms with Gasteiger partial charge in [0.05, 0.1) is 3.57 Å². The molecular weight excluding hydrogens is 365 g/mol. The quantitative estimate of drug-likeness (QED) is 0.627. The van der Waals surface area contributed by atoms with Crippen molar-refractivity contribution in [1.82, 2.24) is 5.32 Å². The zero-order valence-electron chi connectivity index (χ0n) is 10.1. The van der Waals surface area contributed by atoms with E-state index in [1.54, 1.807) is 0 Å². The lowest BCUT2D eigenvalue weighted by Gasteiger charge is -2.13. The number of halogens is 2. The van der Waals surface area contributed by atoms with Crippen LogP contribution in [-0.4, -0.2) is 16.9 Å². The van der Waals surface area contributed by atoms with Gasteiger partial charge in [-0.05, 0) is 58.5 Å². The minimum absolute atomic E-state index is 0.0564. The summed E-state index contributed by atoms with van der Waals surface area (Å²) in [5.74, 6) is 0.536. The summed E-state index contributed by atoms with van der Waals surface area (Å²) < 4.78 is 0.921. The molecule has 0 aromatic heterocycles. The zero-order chi connectivity index (χ0) is 13.3. The SMILES string of the molecule is CC1CCc2c1cc(CNC(=O)CCl)c(O)c2I. The van der Waals surface area contributed by atoms with E-state index in [9.17, 15) is 9.90 Å². The number of amides is 1. The average Bonchev–Trinajstić information content (AvgIpc) is 2.73. The van der Waals surface area contributed by atoms with Crippen LogP contribution < -0.4 is 5.32 Å². The number of rotatable bonds is 3. The van der Waals surface area contributed by atoms with Crippen molar-refractivity contribution in [2.75, 3.05) is 5.88 Å². The van der Waals surface area contributed by atoms with Crippen LogP contribution in [0.25, 0.3) is 0 Å². The van der Waals surface area contributed by atoms with Gasteiger partial charge in [-0.1, -0.05) is 6.92 Å². The number of carbonyl (C=O) groups is 1. The van der Waals surface area contributed by atoms with Gasteiger partial charge in [-0.2, -0.15) is 0 Å². The third-order valence-electron chi connectivity index (χ3n) is 3.41. The molecule has 2 rings (SSSR count). The predicted octanol–water partition coefficient (Wildman–Crippen LogP) is 2.90. The van der Waals surface area contributed by atoms with Crippen LogP contribution >= 0.6 is 34.2 Å². The second-order valence-electron chi connectivity index (χ2n) is 4.62. The van der Waals surface area contributed by atoms with Crippen molar-refractivity contribution >= 4 is 40.1 Å². The van der Waals surface area contributed by atoms with Gasteiger partial charge < -0.3 is 10.4 Å². The average molecular weight is 380 g/mol. The van der Waals surface area contributed by atoms with Gasteiger partial charge in [-0.15, -0.1) is 11.6 Å². The number of hydrogen-bond acceptors (Lipinski definition) is 2. The Kier molecular flexibility index (Phi) is 4.37. The molecular formula is C13H15ClINO2. The molecule has 0 bridgehead atoms. The zero-order valence-corrected chi connectivity index (χ0v) is 13.0. The smallest absolute Gasteiger partial charge is 0.235 e. The Hall–Kier alpha value is -0.490. The first-order valence-electron chi connectivity index (χ1n) is 5.90. The van der Waals surface area contributed by atoms with Crippen molar-refractivity contribution in [3.8, 4) is 5.75 Å². The van der Waals surface area contributed by atoms with E-state index < -0.39 is 0 Å². The third kappa shape index (κ3) is 2.59. The van der Waals surface area contributed by atoms with E-state index in [1.807, 2.05) is 6.07 Å². The number of nitrogens with one attached hydrogen (secondary N) is 1. The van der Waals surface area contributed by atoms with Crippen molar-refractivity contribution in [1.29, 1.82) is 0 Å². The lowest BCUT2D eigenvalue weighted by Crippen LogP contribution is -2.24. The lowest BCUT2D eigenvalue weighted by molar-refractivity contribution is -0.118. The van der Waals surface area contributed by atoms with E-state index >= 15 is 0 Å². The van der Waals surface area contributed by atoms with Gasteiger partial charge in [0.1, 0.15) is 11.6 Å². The summed E-state index contributed by atoms with van der Waals surface area (Å²) in [4.78, 5) is 11.2. The molecule has 5 heteroatoms. The molecule has 1 aliphatic carbocycles. The molecule has 1 aromatic carbocycles. The largest absolute Gasteiger partial charge is 0.506 e. The fourth-order valence-corrected chi connectivity index (χ4v) is 3.36. The van der Waals surface area contributed by atoms with E-state index in [0.717, 1.165) is 22.0 Å². The van der Waals surface area contributed by atoms with Crippen LogP contribution in [0.4, 0.5) is 0 Å². The first-order chi connectivity index (χ1) is 8.54. The Morgan fingerprint density at radius 3 is 3.06 bits per heavy atom. The molecule has 0 aliphatic heterocycles. The highest BCUT2D eigenvalue weighted by Gasteiger charge is 2.24. The van der Waals surface area contributed by atoms with Crippen molar-refractivity contribution in [3.63, 3.8) is 0 Å². The third-order valence-corrected chi connectivity index (χ3v) is 4.82. The Morgan fingerprint density at radius 2 is 2.39 bits per heavy atom. The molecule has 0 fully saturated rings. The molecule has 1 unspecified atom stereocenters. The highest BCUT2D eigenvalue weighted by molar-refractivity contribution is 14.1. The van der Waals surface area contributed by atoms with Crippen LogP contribution in [0, 0.1) is 3.57 Å². The fourth-order valence-electron chi connectivity index (χ4n) is 2.34. The number of carbonyl (C=O) groups excluding carboxylic acids is 1. The van der Waals surface area contributed by atoms with E-state index in [-0.39, 0.29) is 11.8 Å². The summed E-state index contributed by atoms with van der Waals surface area (Å²) >= 11 is 7.61. The highest BCUT2D eigenvalue weighted by Crippen LogP contribution is 2.40. The van der Waals surface area contributed by atoms with Gasteiger partial charge in [0.2, 0.25) is 5.91 Å². The normalized spacial score (nSPS) is 17.6. The van der Waals surface area contributed by atoms with Crippen molar-refractivity contribution < 1.29 is 9.90 Å². The number of phenols is 1. The van der Waals surface area contributed by atoms with Crippen LogP contribution in [0.5, 0.6) is 5.75 Å². The number of fused-ring (bicyclic) bond motifs is 1. The molecule has 0 saturated heterocycles. The maximum absolute atomic E-state index is 11.2. The molecule has 1 atom stereocenters. The number of alkyl halides is 1. The van der Waals surface area contributed by atoms with Gasteiger partial charge in [0, 0.05) is 12.1 Å². The lowest BCUT2D eigenvalue weighted by atomic mass is 10.00. The van der Waals surface area contributed by atoms with Gasteiger partial charge in [-0.3, -0.25) is 4.79 Å². The molecule has 0 heterocycles. The number of benzene rings is 1. The van der Waals surface area contributed by atoms with Gasteiger partial charge in [-0.25, -0.2) is 0 Å². The van der Waals surface area contributed by atoms with E-state index in [4.69, 9.17) is 11.6 Å². The van der Waals surface area contributed by atoms with Crippen molar-refractivity contribution in [3.05, 3.63) is 26.3 Å². The van der Waals surface area contributed by atoms with E-state index in [1.165, 1.54) is 11.1 Å². The molecule has 1 amide bonds. The first-order valence-corrected chi connectivity index (χ1v) is 7.51. The predicted molar refractivity (Wildman–Crippen MR) is 80.1 cm³/mol. The molecule has 0 saturated carbocycles. The van der Waals surface area contributed by atoms with Crippen LogP contribution in [0.1, 0.15) is 36.0 Å². The van der Waals surface area contributed by atoms with E-state index in [2.05, 4.69) is 34.8 Å². The fraction of sp³-hybridized carbons (Fsp3) is 0.462. The van der Waals surface area contributed by atoms with Gasteiger partial charge in [0.25, 0.3) is 0 Å². The minimum atomic E-state index is -0.223. The van der Waals surface area contributed by atoms with E-state index in [0.29, 0.717) is 18.2 Å². The maximum Gasteiger partial charge on any atom is 0.235 e. The molecule has 0 spiro atoms. The molecule has 2 N–H and O–H groups in total. The van der Waals surface area contributed by atoms with Crippen molar-refractivity contribution in [2.45, 2.75) is 32.2 Å². The second-order valence-corrected chi connectivity index (χ2v) is 5.96. The molecule has 98 valence electrons. The summed E-state index contributed by atoms with van der Waals surface area (Å²) in [5, 5.41) is 12.8. The summed E-state index contributed by atoms with van der Waals surface area (Å²) in [6, 6.07) is 2.01. The van der Waals surface area contributed by atoms with Crippen LogP contribution in [-0.2, 0) is 17.8 Å². The molecule has 3 nitrogen and oxygen atoms in total. The molecule has 0 radical (unpaired) electrons. The number of phenolic OH excluding ortho intramolecular Hbond substituents is 1. The first kappa shape index (κ1) is 13.9. The molecule has 1 aliphatic rings. The Balaban J connectivity index is 2.29. The molecule has 18 heavy (non-hydrogen) atoms. The number of hydrogen-bond donors (Lipinski definition) is 2. The molecule has 1 aromatic rings. The summed E-state index contributed by atoms with van der Waals surface area (Å²) in [7, 11) is 0. The van der Waals surface area contributed by atoms with Gasteiger partial charge >= 0.3 is 0 Å². The Morgan fingerprint density at radius 1 is 1.67 bits per heavy atom. The topological polar surface area (TPSA) is 49.3 Å². The minimum Gasteiger partial charge on any atom is -0.506 e. The van der Waals surface area contributed by atoms with Crippen LogP contribution in [0.2, 0.25) is 0 Å². The maximum atomic E-state index is 11.2. The summed E-state index contributed by atoms with van der Waals surface area (Å²) in [5.41, 5.74) is 3.32. The second kappa shape index (κ2) is 5.65. The van der Waals surface area contributed by atoms with Gasteiger partial charge in [0.15, 0.2) is 0 Å². The van der Waals surface area contributed by atoms with Crippen LogP contribution in [0.3, 0.4) is 0 Å². The monoisotopic (exact) mass is 379 g/mol. The highest BCUT2D eigenvalue weighted by atomic mass is 127. The standard InChI is InChI=1S/C13H15ClINO2/c1-7-2-3-9-10(7)4-8(13(18)12(9)15)6-16-11(17)5-14/h4,7,18H,2-3,5-6H2,1H3,(H,16,17). The Labute approximate surface area is 125 Å². The number of aromatic hydroxyl groups is 1.